The Bertz CT molecular complexity index is 102. The third-order valence-electron chi connectivity index (χ3n) is 0. The molecule has 0 rings (SSSR count). The first kappa shape index (κ1) is 22.4. The summed E-state index contributed by atoms with van der Waals surface area (Å²) in [5.41, 5.74) is 0. The molecule has 0 spiro atoms. The van der Waals surface area contributed by atoms with E-state index in [2.05, 4.69) is 0 Å². The minimum absolute atomic E-state index is 0. The van der Waals surface area contributed by atoms with Gasteiger partial charge in [0.15, 0.2) is 0 Å². The Morgan fingerprint density at radius 3 is 1.11 bits per heavy atom. The maximum absolute atomic E-state index is 8.85. The van der Waals surface area contributed by atoms with Gasteiger partial charge in [0.05, 0.1) is 0 Å². The van der Waals surface area contributed by atoms with Crippen molar-refractivity contribution >= 4 is 0 Å². The fourth-order valence-corrected chi connectivity index (χ4v) is 0. The molecule has 0 radical (unpaired) electrons. The summed E-state index contributed by atoms with van der Waals surface area (Å²) in [4.78, 5) is 0. The Kier molecular flexibility index (Phi) is 30.1. The van der Waals surface area contributed by atoms with Gasteiger partial charge in [0.1, 0.15) is 0 Å². The van der Waals surface area contributed by atoms with Gasteiger partial charge in [-0.2, -0.15) is 0 Å². The predicted molar refractivity (Wildman–Crippen MR) is 10.1 cm³/mol. The van der Waals surface area contributed by atoms with Crippen LogP contribution in [-0.4, -0.2) is 13.0 Å². The molecular formula is H4Mo3O6. The zero-order valence-electron chi connectivity index (χ0n) is 3.84. The van der Waals surface area contributed by atoms with Crippen LogP contribution < -0.4 is 0 Å². The first-order chi connectivity index (χ1) is 3.00. The fourth-order valence-electron chi connectivity index (χ4n) is 0. The van der Waals surface area contributed by atoms with Crippen LogP contribution in [0.5, 0.6) is 0 Å². The predicted octanol–water partition coefficient (Wildman–Crippen LogP) is -2.30. The van der Waals surface area contributed by atoms with E-state index in [4.69, 9.17) is 17.7 Å². The molecule has 0 atom stereocenters. The second-order valence-corrected chi connectivity index (χ2v) is 2.65. The fraction of sp³-hybridized carbons (Fsp3) is 0. The SMILES string of the molecule is O.[Mo].[O]=[Mo].[O]=[Mo](=[O])([OH])[OH]. The number of hydrogen-bond acceptors (Lipinski definition) is 3. The minimum atomic E-state index is -5.52. The molecule has 0 saturated heterocycles. The van der Waals surface area contributed by atoms with Crippen molar-refractivity contribution in [1.82, 2.24) is 0 Å². The molecule has 9 heteroatoms. The van der Waals surface area contributed by atoms with Gasteiger partial charge in [-0.15, -0.1) is 0 Å². The number of rotatable bonds is 0. The molecule has 0 aliphatic carbocycles. The van der Waals surface area contributed by atoms with E-state index in [0.717, 1.165) is 0 Å². The Labute approximate surface area is 80.1 Å². The van der Waals surface area contributed by atoms with Crippen LogP contribution >= 0.6 is 0 Å². The zero-order chi connectivity index (χ0) is 6.50. The molecule has 0 saturated carbocycles. The first-order valence-electron chi connectivity index (χ1n) is 0.865. The summed E-state index contributed by atoms with van der Waals surface area (Å²) in [7, 11) is 0. The topological polar surface area (TPSA) is 123 Å². The van der Waals surface area contributed by atoms with Crippen LogP contribution in [0.25, 0.3) is 0 Å². The van der Waals surface area contributed by atoms with E-state index in [1.54, 1.807) is 0 Å². The van der Waals surface area contributed by atoms with Crippen molar-refractivity contribution in [3.05, 3.63) is 0 Å². The van der Waals surface area contributed by atoms with Crippen molar-refractivity contribution in [2.75, 3.05) is 0 Å². The van der Waals surface area contributed by atoms with Crippen molar-refractivity contribution < 1.29 is 80.8 Å². The van der Waals surface area contributed by atoms with E-state index in [1.165, 1.54) is 0 Å². The monoisotopic (exact) mass is 394 g/mol. The summed E-state index contributed by atoms with van der Waals surface area (Å²) < 4.78 is 40.3. The van der Waals surface area contributed by atoms with E-state index in [1.807, 2.05) is 0 Å². The molecule has 58 valence electrons. The molecule has 0 aliphatic heterocycles. The second-order valence-electron chi connectivity index (χ2n) is 0.448. The van der Waals surface area contributed by atoms with Crippen LogP contribution in [0, 0.1) is 0 Å². The summed E-state index contributed by atoms with van der Waals surface area (Å²) in [5.74, 6) is 0. The van der Waals surface area contributed by atoms with Crippen molar-refractivity contribution in [2.45, 2.75) is 0 Å². The molecular weight excluding hydrogens is 384 g/mol. The van der Waals surface area contributed by atoms with E-state index in [-0.39, 0.29) is 26.5 Å². The zero-order valence-corrected chi connectivity index (χ0v) is 9.86. The summed E-state index contributed by atoms with van der Waals surface area (Å²) in [6.07, 6.45) is 0. The summed E-state index contributed by atoms with van der Waals surface area (Å²) in [6, 6.07) is 0. The van der Waals surface area contributed by atoms with Crippen LogP contribution in [0.1, 0.15) is 0 Å². The molecule has 4 N–H and O–H groups in total. The Morgan fingerprint density at radius 1 is 1.11 bits per heavy atom. The Balaban J connectivity index is -0.0000000286. The molecule has 0 bridgehead atoms. The van der Waals surface area contributed by atoms with Crippen LogP contribution in [0.15, 0.2) is 0 Å². The van der Waals surface area contributed by atoms with Gasteiger partial charge in [-0.05, 0) is 0 Å². The summed E-state index contributed by atoms with van der Waals surface area (Å²) in [6.45, 7) is 0. The molecule has 0 fully saturated rings. The molecule has 0 aromatic carbocycles. The molecule has 9 heavy (non-hydrogen) atoms. The van der Waals surface area contributed by atoms with Crippen molar-refractivity contribution in [3.63, 3.8) is 0 Å². The van der Waals surface area contributed by atoms with Gasteiger partial charge in [-0.3, -0.25) is 0 Å². The van der Waals surface area contributed by atoms with Crippen LogP contribution in [0.4, 0.5) is 0 Å². The van der Waals surface area contributed by atoms with E-state index in [0.29, 0.717) is 19.8 Å². The average Bonchev–Trinajstić information content (AvgIpc) is 1.36. The second kappa shape index (κ2) is 12.1. The van der Waals surface area contributed by atoms with Gasteiger partial charge < -0.3 is 5.48 Å². The molecule has 0 unspecified atom stereocenters. The van der Waals surface area contributed by atoms with Crippen LogP contribution in [0.3, 0.4) is 0 Å². The average molecular weight is 388 g/mol. The van der Waals surface area contributed by atoms with E-state index in [9.17, 15) is 0 Å². The first-order valence-corrected chi connectivity index (χ1v) is 5.12. The molecule has 0 amide bonds. The quantitative estimate of drug-likeness (QED) is 0.452. The van der Waals surface area contributed by atoms with Gasteiger partial charge in [-0.1, -0.05) is 0 Å². The third-order valence-corrected chi connectivity index (χ3v) is 0. The van der Waals surface area contributed by atoms with Crippen LogP contribution in [-0.2, 0) is 67.8 Å². The molecule has 0 aromatic rings. The van der Waals surface area contributed by atoms with Gasteiger partial charge in [0, 0.05) is 21.1 Å². The standard InChI is InChI=1S/3Mo.3H2O.3O/h;;;3*1H2;;;/q;;+2;;;;;;/p-2. The molecule has 0 heterocycles. The van der Waals surface area contributed by atoms with Crippen LogP contribution in [0.2, 0.25) is 0 Å². The van der Waals surface area contributed by atoms with Crippen molar-refractivity contribution in [2.24, 2.45) is 0 Å². The van der Waals surface area contributed by atoms with Gasteiger partial charge >= 0.3 is 54.2 Å². The van der Waals surface area contributed by atoms with Gasteiger partial charge in [0.25, 0.3) is 0 Å². The molecule has 6 nitrogen and oxygen atoms in total. The Hall–Kier alpha value is 1.34. The van der Waals surface area contributed by atoms with Crippen molar-refractivity contribution in [1.29, 1.82) is 0 Å². The summed E-state index contributed by atoms with van der Waals surface area (Å²) in [5, 5.41) is 0. The van der Waals surface area contributed by atoms with E-state index < -0.39 is 16.7 Å². The number of hydrogen-bond donors (Lipinski definition) is 2. The van der Waals surface area contributed by atoms with Crippen molar-refractivity contribution in [3.8, 4) is 0 Å². The molecule has 0 aromatic heterocycles. The third kappa shape index (κ3) is 279. The van der Waals surface area contributed by atoms with Gasteiger partial charge in [0.2, 0.25) is 0 Å². The Morgan fingerprint density at radius 2 is 1.11 bits per heavy atom. The summed E-state index contributed by atoms with van der Waals surface area (Å²) >= 11 is -4.82. The normalized spacial score (nSPS) is 6.89. The maximum atomic E-state index is 8.85. The van der Waals surface area contributed by atoms with E-state index >= 15 is 0 Å². The van der Waals surface area contributed by atoms with Gasteiger partial charge in [-0.25, -0.2) is 0 Å². The molecule has 0 aliphatic rings.